The second-order valence-electron chi connectivity index (χ2n) is 7.96. The molecule has 0 aliphatic rings. The molecule has 0 fully saturated rings. The lowest BCUT2D eigenvalue weighted by Crippen LogP contribution is -1.80. The molecular formula is C30H40F5N5S5. The maximum absolute atomic E-state index is 5.39. The van der Waals surface area contributed by atoms with Gasteiger partial charge in [-0.1, -0.05) is 0 Å². The predicted octanol–water partition coefficient (Wildman–Crippen LogP) is 8.55. The Bertz CT molecular complexity index is 1010. The van der Waals surface area contributed by atoms with E-state index in [1.807, 2.05) is 121 Å². The maximum atomic E-state index is 5.39. The zero-order chi connectivity index (χ0) is 29.9. The van der Waals surface area contributed by atoms with Crippen LogP contribution < -0.4 is 28.7 Å². The molecule has 45 heavy (non-hydrogen) atoms. The van der Waals surface area contributed by atoms with E-state index >= 15 is 0 Å². The summed E-state index contributed by atoms with van der Waals surface area (Å²) in [4.78, 5) is 4.72. The molecule has 5 aromatic rings. The van der Waals surface area contributed by atoms with Crippen molar-refractivity contribution in [2.75, 3.05) is 28.7 Å². The zero-order valence-electron chi connectivity index (χ0n) is 23.7. The van der Waals surface area contributed by atoms with E-state index < -0.39 is 0 Å². The molecule has 0 aliphatic heterocycles. The van der Waals surface area contributed by atoms with Gasteiger partial charge in [0.1, 0.15) is 0 Å². The van der Waals surface area contributed by atoms with Crippen molar-refractivity contribution in [2.45, 2.75) is 24.5 Å². The number of benzene rings is 5. The van der Waals surface area contributed by atoms with E-state index in [0.717, 1.165) is 52.9 Å². The van der Waals surface area contributed by atoms with Gasteiger partial charge in [0.15, 0.2) is 0 Å². The maximum Gasteiger partial charge on any atom is 0.0314 e. The summed E-state index contributed by atoms with van der Waals surface area (Å²) < 4.78 is 0. The van der Waals surface area contributed by atoms with Crippen LogP contribution in [0.15, 0.2) is 146 Å². The van der Waals surface area contributed by atoms with Crippen molar-refractivity contribution in [1.82, 2.24) is 0 Å². The molecule has 0 aromatic heterocycles. The van der Waals surface area contributed by atoms with Crippen molar-refractivity contribution in [3.05, 3.63) is 121 Å². The second-order valence-corrected chi connectivity index (χ2v) is 10.5. The average Bonchev–Trinajstić information content (AvgIpc) is 2.94. The SMILES string of the molecule is F.F.F.F.F.Nc1ccc(S)cc1.Nc1ccc(S)cc1.Nc1ccc(S)cc1.Nc1ccc(S)cc1.Nc1ccc(S)cc1. The highest BCUT2D eigenvalue weighted by Gasteiger charge is 1.84. The third-order valence-electron chi connectivity index (χ3n) is 4.47. The second kappa shape index (κ2) is 29.2. The van der Waals surface area contributed by atoms with Gasteiger partial charge < -0.3 is 28.7 Å². The number of nitrogens with two attached hydrogens (primary N) is 5. The van der Waals surface area contributed by atoms with Crippen LogP contribution in [0.5, 0.6) is 0 Å². The van der Waals surface area contributed by atoms with Gasteiger partial charge in [-0.05, 0) is 121 Å². The molecule has 0 unspecified atom stereocenters. The van der Waals surface area contributed by atoms with Crippen molar-refractivity contribution in [1.29, 1.82) is 0 Å². The van der Waals surface area contributed by atoms with Gasteiger partial charge in [0.05, 0.1) is 0 Å². The molecule has 10 N–H and O–H groups in total. The van der Waals surface area contributed by atoms with Crippen LogP contribution in [0, 0.1) is 0 Å². The van der Waals surface area contributed by atoms with Gasteiger partial charge >= 0.3 is 0 Å². The van der Waals surface area contributed by atoms with E-state index in [-0.39, 0.29) is 23.5 Å². The molecule has 0 heterocycles. The molecule has 0 saturated carbocycles. The van der Waals surface area contributed by atoms with Gasteiger partial charge in [-0.2, -0.15) is 0 Å². The fraction of sp³-hybridized carbons (Fsp3) is 0. The highest BCUT2D eigenvalue weighted by molar-refractivity contribution is 7.81. The lowest BCUT2D eigenvalue weighted by molar-refractivity contribution is 1.11. The van der Waals surface area contributed by atoms with Crippen LogP contribution in [-0.4, -0.2) is 0 Å². The number of nitrogen functional groups attached to an aromatic ring is 5. The van der Waals surface area contributed by atoms with Crippen LogP contribution in [0.4, 0.5) is 52.0 Å². The van der Waals surface area contributed by atoms with E-state index in [2.05, 4.69) is 63.1 Å². The zero-order valence-corrected chi connectivity index (χ0v) is 28.2. The van der Waals surface area contributed by atoms with Gasteiger partial charge in [-0.25, -0.2) is 0 Å². The molecule has 0 atom stereocenters. The van der Waals surface area contributed by atoms with Crippen LogP contribution in [0.25, 0.3) is 0 Å². The van der Waals surface area contributed by atoms with Gasteiger partial charge in [0.25, 0.3) is 0 Å². The Morgan fingerprint density at radius 1 is 0.222 bits per heavy atom. The van der Waals surface area contributed by atoms with E-state index in [0.29, 0.717) is 0 Å². The molecule has 5 rings (SSSR count). The molecule has 5 nitrogen and oxygen atoms in total. The molecule has 5 aromatic carbocycles. The number of hydrogen-bond donors (Lipinski definition) is 10. The van der Waals surface area contributed by atoms with Crippen LogP contribution >= 0.6 is 63.1 Å². The Kier molecular flexibility index (Phi) is 33.2. The number of rotatable bonds is 0. The van der Waals surface area contributed by atoms with Gasteiger partial charge in [0, 0.05) is 52.9 Å². The standard InChI is InChI=1S/5C6H7NS.5FH/c5*7-5-1-3-6(8)4-2-5;;;;;/h5*1-4,8H,7H2;5*1H. The van der Waals surface area contributed by atoms with Crippen molar-refractivity contribution in [3.8, 4) is 0 Å². The summed E-state index contributed by atoms with van der Waals surface area (Å²) in [5, 5.41) is 0. The lowest BCUT2D eigenvalue weighted by Gasteiger charge is -1.89. The molecule has 0 radical (unpaired) electrons. The Labute approximate surface area is 288 Å². The fourth-order valence-corrected chi connectivity index (χ4v) is 3.12. The fourth-order valence-electron chi connectivity index (χ4n) is 2.37. The summed E-state index contributed by atoms with van der Waals surface area (Å²) >= 11 is 20.4. The largest absolute Gasteiger partial charge is 0.399 e. The molecule has 0 aliphatic carbocycles. The van der Waals surface area contributed by atoms with Crippen LogP contribution in [0.3, 0.4) is 0 Å². The summed E-state index contributed by atoms with van der Waals surface area (Å²) in [6.07, 6.45) is 0. The van der Waals surface area contributed by atoms with Crippen LogP contribution in [0.1, 0.15) is 0 Å². The third-order valence-corrected chi connectivity index (χ3v) is 5.96. The smallest absolute Gasteiger partial charge is 0.0314 e. The van der Waals surface area contributed by atoms with Crippen molar-refractivity contribution >= 4 is 91.6 Å². The third kappa shape index (κ3) is 27.8. The minimum absolute atomic E-state index is 0. The van der Waals surface area contributed by atoms with E-state index in [1.54, 1.807) is 0 Å². The van der Waals surface area contributed by atoms with E-state index in [4.69, 9.17) is 28.7 Å². The highest BCUT2D eigenvalue weighted by atomic mass is 32.1. The molecule has 0 saturated heterocycles. The first-order valence-electron chi connectivity index (χ1n) is 11.7. The summed E-state index contributed by atoms with van der Waals surface area (Å²) in [6.45, 7) is 0. The van der Waals surface area contributed by atoms with Crippen molar-refractivity contribution in [2.24, 2.45) is 0 Å². The Morgan fingerprint density at radius 2 is 0.311 bits per heavy atom. The topological polar surface area (TPSA) is 130 Å². The molecular weight excluding hydrogens is 686 g/mol. The normalized spacial score (nSPS) is 8.11. The van der Waals surface area contributed by atoms with E-state index in [9.17, 15) is 0 Å². The summed E-state index contributed by atoms with van der Waals surface area (Å²) in [5.74, 6) is 0. The number of halogens is 5. The van der Waals surface area contributed by atoms with Gasteiger partial charge in [-0.3, -0.25) is 23.5 Å². The van der Waals surface area contributed by atoms with Crippen LogP contribution in [0.2, 0.25) is 0 Å². The van der Waals surface area contributed by atoms with E-state index in [1.165, 1.54) is 0 Å². The number of hydrogen-bond acceptors (Lipinski definition) is 10. The van der Waals surface area contributed by atoms with Crippen molar-refractivity contribution in [3.63, 3.8) is 0 Å². The number of thiol groups is 5. The monoisotopic (exact) mass is 725 g/mol. The molecule has 0 amide bonds. The molecule has 0 bridgehead atoms. The first-order chi connectivity index (χ1) is 18.9. The van der Waals surface area contributed by atoms with Gasteiger partial charge in [0.2, 0.25) is 0 Å². The molecule has 250 valence electrons. The van der Waals surface area contributed by atoms with Crippen LogP contribution in [-0.2, 0) is 0 Å². The minimum atomic E-state index is 0. The average molecular weight is 726 g/mol. The Hall–Kier alpha value is -3.50. The molecule has 0 spiro atoms. The Balaban J connectivity index is -0.000000144. The quantitative estimate of drug-likeness (QED) is 0.0445. The first-order valence-corrected chi connectivity index (χ1v) is 13.9. The predicted molar refractivity (Wildman–Crippen MR) is 203 cm³/mol. The minimum Gasteiger partial charge on any atom is -0.399 e. The summed E-state index contributed by atoms with van der Waals surface area (Å²) in [7, 11) is 0. The van der Waals surface area contributed by atoms with Crippen molar-refractivity contribution < 1.29 is 23.5 Å². The highest BCUT2D eigenvalue weighted by Crippen LogP contribution is 2.10. The summed E-state index contributed by atoms with van der Waals surface area (Å²) in [6, 6.07) is 36.8. The number of anilines is 5. The summed E-state index contributed by atoms with van der Waals surface area (Å²) in [5.41, 5.74) is 30.9. The Morgan fingerprint density at radius 3 is 0.378 bits per heavy atom. The van der Waals surface area contributed by atoms with Gasteiger partial charge in [-0.15, -0.1) is 63.1 Å². The first kappa shape index (κ1) is 51.1. The molecule has 15 heteroatoms. The lowest BCUT2D eigenvalue weighted by atomic mass is 10.3.